The summed E-state index contributed by atoms with van der Waals surface area (Å²) in [6.07, 6.45) is 1.64. The van der Waals surface area contributed by atoms with Crippen LogP contribution >= 0.6 is 0 Å². The minimum absolute atomic E-state index is 0.0172. The van der Waals surface area contributed by atoms with E-state index in [0.29, 0.717) is 35.7 Å². The third kappa shape index (κ3) is 8.58. The van der Waals surface area contributed by atoms with Crippen molar-refractivity contribution < 1.29 is 49.5 Å². The van der Waals surface area contributed by atoms with E-state index in [1.54, 1.807) is 42.5 Å². The normalized spacial score (nSPS) is 23.4. The van der Waals surface area contributed by atoms with Gasteiger partial charge in [-0.05, 0) is 92.3 Å². The number of hydrogen-bond donors (Lipinski definition) is 1. The van der Waals surface area contributed by atoms with Crippen molar-refractivity contribution in [2.75, 3.05) is 6.54 Å². The van der Waals surface area contributed by atoms with Crippen molar-refractivity contribution >= 4 is 49.7 Å². The topological polar surface area (TPSA) is 149 Å². The number of furan rings is 1. The number of ether oxygens (including phenoxy) is 1. The first kappa shape index (κ1) is 42.7. The molecule has 2 amide bonds. The van der Waals surface area contributed by atoms with E-state index in [4.69, 9.17) is 9.15 Å². The number of carbonyl (C=O) groups is 3. The molecule has 4 aliphatic rings. The fourth-order valence-electron chi connectivity index (χ4n) is 9.56. The van der Waals surface area contributed by atoms with Crippen LogP contribution in [-0.2, 0) is 37.0 Å². The van der Waals surface area contributed by atoms with Gasteiger partial charge in [0.1, 0.15) is 23.0 Å². The zero-order valence-corrected chi connectivity index (χ0v) is 35.1. The second-order valence-corrected chi connectivity index (χ2v) is 19.5. The Hall–Kier alpha value is -5.64. The van der Waals surface area contributed by atoms with Crippen LogP contribution in [0.2, 0.25) is 0 Å². The van der Waals surface area contributed by atoms with Crippen molar-refractivity contribution in [2.45, 2.75) is 94.2 Å². The predicted molar refractivity (Wildman–Crippen MR) is 225 cm³/mol. The molecule has 1 aliphatic heterocycles. The highest BCUT2D eigenvalue weighted by atomic mass is 32.2. The van der Waals surface area contributed by atoms with E-state index >= 15 is 4.79 Å². The first-order chi connectivity index (χ1) is 30.1. The Morgan fingerprint density at radius 2 is 1.68 bits per heavy atom. The van der Waals surface area contributed by atoms with Gasteiger partial charge in [-0.25, -0.2) is 17.8 Å². The number of halogens is 4. The largest absolute Gasteiger partial charge is 0.470 e. The number of rotatable bonds is 14. The number of Topliss-reactive ketones (excluding diaryl/α,β-unsaturated/α-hetero) is 1. The summed E-state index contributed by atoms with van der Waals surface area (Å²) in [7, 11) is -3.92. The third-order valence-corrected chi connectivity index (χ3v) is 15.1. The van der Waals surface area contributed by atoms with Crippen molar-refractivity contribution in [3.05, 3.63) is 102 Å². The average Bonchev–Trinajstić information content (AvgIpc) is 4.18. The highest BCUT2D eigenvalue weighted by Gasteiger charge is 2.61. The van der Waals surface area contributed by atoms with Crippen LogP contribution in [0.3, 0.4) is 0 Å². The van der Waals surface area contributed by atoms with Gasteiger partial charge in [-0.2, -0.15) is 18.2 Å². The SMILES string of the molecule is C=C[C@@H]1C[C@]1(CC(=O)[C@@H]1C[C@@H](Oc2nc(-c3ccc(C(F)(F)F)cc3)nc3c2oc2ccccc23)CN1C(=O)[C@@H](Cc1ccc(F)cc1)C1CCCCC1)C(=O)NS(=O)(=O)C1CC1. The molecule has 11 nitrogen and oxygen atoms in total. The van der Waals surface area contributed by atoms with Crippen molar-refractivity contribution in [2.24, 2.45) is 23.2 Å². The number of nitrogens with zero attached hydrogens (tertiary/aromatic N) is 3. The summed E-state index contributed by atoms with van der Waals surface area (Å²) in [5.41, 5.74) is -0.204. The molecule has 0 bridgehead atoms. The quantitative estimate of drug-likeness (QED) is 0.0854. The Morgan fingerprint density at radius 1 is 0.968 bits per heavy atom. The molecule has 0 spiro atoms. The summed E-state index contributed by atoms with van der Waals surface area (Å²) >= 11 is 0. The molecular weight excluding hydrogens is 841 g/mol. The number of amides is 2. The Balaban J connectivity index is 1.07. The summed E-state index contributed by atoms with van der Waals surface area (Å²) in [6, 6.07) is 16.4. The number of para-hydroxylation sites is 1. The maximum absolute atomic E-state index is 15.1. The lowest BCUT2D eigenvalue weighted by molar-refractivity contribution is -0.143. The summed E-state index contributed by atoms with van der Waals surface area (Å²) in [6.45, 7) is 3.77. The van der Waals surface area contributed by atoms with Crippen LogP contribution in [0, 0.1) is 29.0 Å². The minimum atomic E-state index is -4.56. The number of nitrogens with one attached hydrogen (secondary N) is 1. The summed E-state index contributed by atoms with van der Waals surface area (Å²) in [4.78, 5) is 54.5. The number of sulfonamides is 1. The van der Waals surface area contributed by atoms with Crippen molar-refractivity contribution in [1.29, 1.82) is 0 Å². The second-order valence-electron chi connectivity index (χ2n) is 17.5. The maximum Gasteiger partial charge on any atom is 0.416 e. The van der Waals surface area contributed by atoms with Gasteiger partial charge in [0.25, 0.3) is 5.88 Å². The number of likely N-dealkylation sites (tertiary alicyclic amines) is 1. The molecule has 9 rings (SSSR count). The fraction of sp³-hybridized carbons (Fsp3) is 0.426. The molecule has 63 heavy (non-hydrogen) atoms. The van der Waals surface area contributed by atoms with Gasteiger partial charge >= 0.3 is 6.18 Å². The van der Waals surface area contributed by atoms with Gasteiger partial charge in [0, 0.05) is 29.7 Å². The highest BCUT2D eigenvalue weighted by molar-refractivity contribution is 7.90. The Kier molecular flexibility index (Phi) is 11.2. The molecule has 3 aromatic carbocycles. The van der Waals surface area contributed by atoms with Crippen molar-refractivity contribution in [3.63, 3.8) is 0 Å². The van der Waals surface area contributed by atoms with E-state index in [1.165, 1.54) is 29.2 Å². The lowest BCUT2D eigenvalue weighted by Gasteiger charge is -2.34. The zero-order chi connectivity index (χ0) is 44.3. The molecule has 3 aliphatic carbocycles. The molecule has 330 valence electrons. The number of fused-ring (bicyclic) bond motifs is 3. The molecule has 1 N–H and O–H groups in total. The highest BCUT2D eigenvalue weighted by Crippen LogP contribution is 2.57. The van der Waals surface area contributed by atoms with Crippen molar-refractivity contribution in [1.82, 2.24) is 19.6 Å². The molecule has 16 heteroatoms. The standard InChI is InChI=1S/C47H46F4N4O7S/c1-2-30-24-46(30,45(58)54-63(59,60)34-20-21-34)25-38(56)37-23-33(26-55(37)44(57)36(28-8-4-3-5-9-28)22-27-12-18-32(48)19-13-27)61-43-41-40(35-10-6-7-11-39(35)62-41)52-42(53-43)29-14-16-31(17-15-29)47(49,50)51/h2,6-7,10-19,28,30,33-34,36-37H,1,3-5,8-9,20-26H2,(H,54,58)/t30-,33-,36+,37+,46-/m1/s1. The van der Waals surface area contributed by atoms with E-state index in [9.17, 15) is 35.6 Å². The average molecular weight is 887 g/mol. The van der Waals surface area contributed by atoms with Crippen LogP contribution in [0.25, 0.3) is 33.5 Å². The lowest BCUT2D eigenvalue weighted by Crippen LogP contribution is -2.48. The number of allylic oxidation sites excluding steroid dienone is 1. The minimum Gasteiger partial charge on any atom is -0.470 e. The van der Waals surface area contributed by atoms with Gasteiger partial charge in [0.15, 0.2) is 11.6 Å². The molecule has 0 unspecified atom stereocenters. The molecule has 5 atom stereocenters. The van der Waals surface area contributed by atoms with Gasteiger partial charge in [-0.3, -0.25) is 19.1 Å². The number of aromatic nitrogens is 2. The monoisotopic (exact) mass is 886 g/mol. The van der Waals surface area contributed by atoms with Gasteiger partial charge in [0.2, 0.25) is 27.4 Å². The Labute approximate surface area is 361 Å². The predicted octanol–water partition coefficient (Wildman–Crippen LogP) is 8.75. The molecular formula is C47H46F4N4O7S. The second kappa shape index (κ2) is 16.5. The van der Waals surface area contributed by atoms with Gasteiger partial charge in [-0.15, -0.1) is 6.58 Å². The number of alkyl halides is 3. The molecule has 1 saturated heterocycles. The van der Waals surface area contributed by atoms with Crippen molar-refractivity contribution in [3.8, 4) is 17.3 Å². The number of carbonyl (C=O) groups excluding carboxylic acids is 3. The van der Waals surface area contributed by atoms with Gasteiger partial charge in [0.05, 0.1) is 28.8 Å². The first-order valence-electron chi connectivity index (χ1n) is 21.4. The Morgan fingerprint density at radius 3 is 2.35 bits per heavy atom. The molecule has 3 heterocycles. The van der Waals surface area contributed by atoms with E-state index in [0.717, 1.165) is 49.8 Å². The van der Waals surface area contributed by atoms with Crippen LogP contribution < -0.4 is 9.46 Å². The molecule has 5 aromatic rings. The van der Waals surface area contributed by atoms with Crippen LogP contribution in [0.15, 0.2) is 89.9 Å². The maximum atomic E-state index is 15.1. The molecule has 2 aromatic heterocycles. The van der Waals surface area contributed by atoms with Crippen LogP contribution in [-0.4, -0.2) is 64.8 Å². The lowest BCUT2D eigenvalue weighted by atomic mass is 9.76. The molecule has 3 saturated carbocycles. The van der Waals surface area contributed by atoms with Crippen LogP contribution in [0.1, 0.15) is 75.3 Å². The number of benzene rings is 3. The zero-order valence-electron chi connectivity index (χ0n) is 34.3. The smallest absolute Gasteiger partial charge is 0.416 e. The molecule has 4 fully saturated rings. The summed E-state index contributed by atoms with van der Waals surface area (Å²) < 4.78 is 95.3. The summed E-state index contributed by atoms with van der Waals surface area (Å²) in [5, 5.41) is -0.0533. The van der Waals surface area contributed by atoms with Crippen LogP contribution in [0.4, 0.5) is 17.6 Å². The van der Waals surface area contributed by atoms with E-state index in [-0.39, 0.29) is 60.5 Å². The third-order valence-electron chi connectivity index (χ3n) is 13.3. The fourth-order valence-corrected chi connectivity index (χ4v) is 10.9. The Bertz CT molecular complexity index is 2700. The summed E-state index contributed by atoms with van der Waals surface area (Å²) in [5.74, 6) is -2.94. The van der Waals surface area contributed by atoms with E-state index in [2.05, 4.69) is 21.3 Å². The van der Waals surface area contributed by atoms with Crippen LogP contribution in [0.5, 0.6) is 5.88 Å². The molecule has 0 radical (unpaired) electrons. The van der Waals surface area contributed by atoms with Gasteiger partial charge < -0.3 is 14.1 Å². The van der Waals surface area contributed by atoms with E-state index < -0.39 is 73.9 Å². The first-order valence-corrected chi connectivity index (χ1v) is 23.0. The number of ketones is 1. The number of hydrogen-bond acceptors (Lipinski definition) is 9. The van der Waals surface area contributed by atoms with E-state index in [1.807, 2.05) is 0 Å². The van der Waals surface area contributed by atoms with Gasteiger partial charge in [-0.1, -0.05) is 61.7 Å².